The number of hydrogen-bond acceptors (Lipinski definition) is 4. The van der Waals surface area contributed by atoms with Crippen LogP contribution in [-0.2, 0) is 11.8 Å². The molecule has 2 aromatic rings. The Labute approximate surface area is 146 Å². The quantitative estimate of drug-likeness (QED) is 0.807. The highest BCUT2D eigenvalue weighted by Crippen LogP contribution is 2.33. The SMILES string of the molecule is Cn1cncc1C1CCN(C(=O)/C=C/c2ccc3c(c2)OCO3)CC1. The van der Waals surface area contributed by atoms with Crippen LogP contribution in [0.2, 0.25) is 0 Å². The highest BCUT2D eigenvalue weighted by Gasteiger charge is 2.24. The number of fused-ring (bicyclic) bond motifs is 1. The zero-order valence-electron chi connectivity index (χ0n) is 14.2. The van der Waals surface area contributed by atoms with E-state index in [1.165, 1.54) is 5.69 Å². The zero-order valence-corrected chi connectivity index (χ0v) is 14.2. The average Bonchev–Trinajstić information content (AvgIpc) is 3.28. The van der Waals surface area contributed by atoms with E-state index in [-0.39, 0.29) is 12.7 Å². The summed E-state index contributed by atoms with van der Waals surface area (Å²) >= 11 is 0. The number of hydrogen-bond donors (Lipinski definition) is 0. The normalized spacial score (nSPS) is 17.4. The first-order chi connectivity index (χ1) is 12.2. The summed E-state index contributed by atoms with van der Waals surface area (Å²) in [4.78, 5) is 18.5. The molecular weight excluding hydrogens is 318 g/mol. The maximum atomic E-state index is 12.4. The van der Waals surface area contributed by atoms with E-state index in [4.69, 9.17) is 9.47 Å². The van der Waals surface area contributed by atoms with Crippen molar-refractivity contribution in [2.75, 3.05) is 19.9 Å². The number of piperidine rings is 1. The molecule has 1 aromatic heterocycles. The Balaban J connectivity index is 1.35. The largest absolute Gasteiger partial charge is 0.454 e. The van der Waals surface area contributed by atoms with Gasteiger partial charge in [-0.3, -0.25) is 4.79 Å². The molecule has 2 aliphatic rings. The Hall–Kier alpha value is -2.76. The molecule has 1 saturated heterocycles. The lowest BCUT2D eigenvalue weighted by Gasteiger charge is -2.31. The van der Waals surface area contributed by atoms with Crippen molar-refractivity contribution in [3.63, 3.8) is 0 Å². The fraction of sp³-hybridized carbons (Fsp3) is 0.368. The fourth-order valence-corrected chi connectivity index (χ4v) is 3.45. The van der Waals surface area contributed by atoms with Crippen LogP contribution >= 0.6 is 0 Å². The molecule has 4 rings (SSSR count). The molecule has 0 saturated carbocycles. The lowest BCUT2D eigenvalue weighted by atomic mass is 9.93. The van der Waals surface area contributed by atoms with Crippen LogP contribution in [-0.4, -0.2) is 40.2 Å². The number of rotatable bonds is 3. The zero-order chi connectivity index (χ0) is 17.2. The van der Waals surface area contributed by atoms with Crippen molar-refractivity contribution in [3.05, 3.63) is 48.1 Å². The van der Waals surface area contributed by atoms with E-state index >= 15 is 0 Å². The van der Waals surface area contributed by atoms with Crippen molar-refractivity contribution in [2.45, 2.75) is 18.8 Å². The van der Waals surface area contributed by atoms with E-state index in [1.807, 2.05) is 48.7 Å². The van der Waals surface area contributed by atoms with Gasteiger partial charge in [-0.2, -0.15) is 0 Å². The number of nitrogens with zero attached hydrogens (tertiary/aromatic N) is 3. The molecule has 0 spiro atoms. The third-order valence-electron chi connectivity index (χ3n) is 4.89. The Morgan fingerprint density at radius 3 is 2.80 bits per heavy atom. The minimum atomic E-state index is 0.0566. The summed E-state index contributed by atoms with van der Waals surface area (Å²) in [6.45, 7) is 1.81. The van der Waals surface area contributed by atoms with Gasteiger partial charge in [0, 0.05) is 44.0 Å². The topological polar surface area (TPSA) is 56.6 Å². The van der Waals surface area contributed by atoms with Gasteiger partial charge in [-0.25, -0.2) is 4.98 Å². The first-order valence-electron chi connectivity index (χ1n) is 8.53. The molecule has 6 nitrogen and oxygen atoms in total. The summed E-state index contributed by atoms with van der Waals surface area (Å²) in [6, 6.07) is 5.68. The van der Waals surface area contributed by atoms with E-state index in [1.54, 1.807) is 6.08 Å². The summed E-state index contributed by atoms with van der Waals surface area (Å²) in [7, 11) is 2.02. The molecule has 2 aliphatic heterocycles. The minimum Gasteiger partial charge on any atom is -0.454 e. The van der Waals surface area contributed by atoms with Crippen LogP contribution in [0, 0.1) is 0 Å². The smallest absolute Gasteiger partial charge is 0.246 e. The van der Waals surface area contributed by atoms with Crippen LogP contribution in [0.15, 0.2) is 36.8 Å². The summed E-state index contributed by atoms with van der Waals surface area (Å²) in [6.07, 6.45) is 9.19. The van der Waals surface area contributed by atoms with Crippen molar-refractivity contribution in [2.24, 2.45) is 7.05 Å². The van der Waals surface area contributed by atoms with E-state index in [0.29, 0.717) is 5.92 Å². The van der Waals surface area contributed by atoms with Crippen LogP contribution in [0.1, 0.15) is 30.0 Å². The minimum absolute atomic E-state index is 0.0566. The van der Waals surface area contributed by atoms with Gasteiger partial charge in [-0.1, -0.05) is 6.07 Å². The van der Waals surface area contributed by atoms with Crippen molar-refractivity contribution in [1.29, 1.82) is 0 Å². The second-order valence-electron chi connectivity index (χ2n) is 6.48. The Bertz CT molecular complexity index is 804. The number of carbonyl (C=O) groups is 1. The van der Waals surface area contributed by atoms with Gasteiger partial charge in [0.2, 0.25) is 12.7 Å². The van der Waals surface area contributed by atoms with E-state index in [9.17, 15) is 4.79 Å². The van der Waals surface area contributed by atoms with Gasteiger partial charge in [-0.05, 0) is 36.6 Å². The number of aryl methyl sites for hydroxylation is 1. The number of amides is 1. The summed E-state index contributed by atoms with van der Waals surface area (Å²) in [5.74, 6) is 2.02. The van der Waals surface area contributed by atoms with Gasteiger partial charge in [0.15, 0.2) is 11.5 Å². The third-order valence-corrected chi connectivity index (χ3v) is 4.89. The number of likely N-dealkylation sites (tertiary alicyclic amines) is 1. The number of benzene rings is 1. The highest BCUT2D eigenvalue weighted by atomic mass is 16.7. The molecule has 0 atom stereocenters. The fourth-order valence-electron chi connectivity index (χ4n) is 3.45. The van der Waals surface area contributed by atoms with Crippen molar-refractivity contribution >= 4 is 12.0 Å². The van der Waals surface area contributed by atoms with E-state index in [0.717, 1.165) is 43.0 Å². The highest BCUT2D eigenvalue weighted by molar-refractivity contribution is 5.92. The second kappa shape index (κ2) is 6.63. The molecule has 1 amide bonds. The van der Waals surface area contributed by atoms with E-state index < -0.39 is 0 Å². The van der Waals surface area contributed by atoms with Crippen LogP contribution in [0.5, 0.6) is 11.5 Å². The summed E-state index contributed by atoms with van der Waals surface area (Å²) in [5.41, 5.74) is 2.19. The predicted octanol–water partition coefficient (Wildman–Crippen LogP) is 2.57. The van der Waals surface area contributed by atoms with Gasteiger partial charge >= 0.3 is 0 Å². The molecule has 0 N–H and O–H groups in total. The van der Waals surface area contributed by atoms with Gasteiger partial charge in [0.1, 0.15) is 0 Å². The first kappa shape index (κ1) is 15.7. The molecule has 0 aliphatic carbocycles. The second-order valence-corrected chi connectivity index (χ2v) is 6.48. The molecule has 25 heavy (non-hydrogen) atoms. The number of carbonyl (C=O) groups excluding carboxylic acids is 1. The van der Waals surface area contributed by atoms with E-state index in [2.05, 4.69) is 9.55 Å². The lowest BCUT2D eigenvalue weighted by molar-refractivity contribution is -0.127. The number of imidazole rings is 1. The molecule has 1 aromatic carbocycles. The Morgan fingerprint density at radius 1 is 1.24 bits per heavy atom. The Morgan fingerprint density at radius 2 is 2.04 bits per heavy atom. The van der Waals surface area contributed by atoms with Crippen molar-refractivity contribution < 1.29 is 14.3 Å². The molecule has 1 fully saturated rings. The molecule has 0 bridgehead atoms. The molecule has 6 heteroatoms. The summed E-state index contributed by atoms with van der Waals surface area (Å²) in [5, 5.41) is 0. The maximum Gasteiger partial charge on any atom is 0.246 e. The standard InChI is InChI=1S/C19H21N3O3/c1-21-12-20-11-16(21)15-6-8-22(9-7-15)19(23)5-3-14-2-4-17-18(10-14)25-13-24-17/h2-5,10-12,15H,6-9,13H2,1H3/b5-3+. The molecule has 3 heterocycles. The van der Waals surface area contributed by atoms with Crippen LogP contribution in [0.4, 0.5) is 0 Å². The lowest BCUT2D eigenvalue weighted by Crippen LogP contribution is -2.37. The van der Waals surface area contributed by atoms with Gasteiger partial charge in [0.05, 0.1) is 6.33 Å². The van der Waals surface area contributed by atoms with Crippen LogP contribution in [0.25, 0.3) is 6.08 Å². The predicted molar refractivity (Wildman–Crippen MR) is 93.4 cm³/mol. The van der Waals surface area contributed by atoms with Crippen LogP contribution in [0.3, 0.4) is 0 Å². The number of ether oxygens (including phenoxy) is 2. The number of aromatic nitrogens is 2. The van der Waals surface area contributed by atoms with Crippen molar-refractivity contribution in [1.82, 2.24) is 14.5 Å². The molecule has 0 unspecified atom stereocenters. The molecular formula is C19H21N3O3. The third kappa shape index (κ3) is 3.24. The average molecular weight is 339 g/mol. The van der Waals surface area contributed by atoms with Gasteiger partial charge in [-0.15, -0.1) is 0 Å². The van der Waals surface area contributed by atoms with Crippen molar-refractivity contribution in [3.8, 4) is 11.5 Å². The monoisotopic (exact) mass is 339 g/mol. The van der Waals surface area contributed by atoms with Gasteiger partial charge in [0.25, 0.3) is 0 Å². The molecule has 130 valence electrons. The summed E-state index contributed by atoms with van der Waals surface area (Å²) < 4.78 is 12.7. The first-order valence-corrected chi connectivity index (χ1v) is 8.53. The van der Waals surface area contributed by atoms with Crippen LogP contribution < -0.4 is 9.47 Å². The maximum absolute atomic E-state index is 12.4. The Kier molecular flexibility index (Phi) is 4.17. The molecule has 0 radical (unpaired) electrons. The van der Waals surface area contributed by atoms with Gasteiger partial charge < -0.3 is 18.9 Å².